The van der Waals surface area contributed by atoms with E-state index in [1.54, 1.807) is 24.2 Å². The first-order valence-electron chi connectivity index (χ1n) is 4.77. The van der Waals surface area contributed by atoms with Gasteiger partial charge < -0.3 is 4.98 Å². The summed E-state index contributed by atoms with van der Waals surface area (Å²) in [5.74, 6) is 1.62. The monoisotopic (exact) mass is 224 g/mol. The van der Waals surface area contributed by atoms with Gasteiger partial charge in [0.1, 0.15) is 0 Å². The third-order valence-corrected chi connectivity index (χ3v) is 2.75. The van der Waals surface area contributed by atoms with Crippen LogP contribution in [-0.2, 0) is 12.3 Å². The maximum Gasteiger partial charge on any atom is 0.165 e. The highest BCUT2D eigenvalue weighted by atomic mass is 32.2. The van der Waals surface area contributed by atoms with Crippen molar-refractivity contribution in [2.75, 3.05) is 0 Å². The summed E-state index contributed by atoms with van der Waals surface area (Å²) in [5, 5.41) is 12.4. The van der Waals surface area contributed by atoms with E-state index in [4.69, 9.17) is 0 Å². The maximum atomic E-state index is 4.12. The number of imidazole rings is 1. The van der Waals surface area contributed by atoms with Gasteiger partial charge in [-0.25, -0.2) is 9.67 Å². The van der Waals surface area contributed by atoms with Crippen LogP contribution in [0.25, 0.3) is 0 Å². The number of hydrogen-bond donors (Lipinski definition) is 1. The summed E-state index contributed by atoms with van der Waals surface area (Å²) in [5.41, 5.74) is 0. The maximum absolute atomic E-state index is 4.12. The average Bonchev–Trinajstić information content (AvgIpc) is 2.85. The highest BCUT2D eigenvalue weighted by Gasteiger charge is 2.06. The minimum absolute atomic E-state index is 0.737. The van der Waals surface area contributed by atoms with Gasteiger partial charge in [-0.1, -0.05) is 18.7 Å². The van der Waals surface area contributed by atoms with Gasteiger partial charge in [0.2, 0.25) is 0 Å². The normalized spacial score (nSPS) is 10.7. The molecule has 0 aliphatic heterocycles. The SMILES string of the molecule is CCCn1nnnc1CSc1ncc[nH]1. The van der Waals surface area contributed by atoms with Crippen LogP contribution in [0.1, 0.15) is 19.2 Å². The Balaban J connectivity index is 1.95. The van der Waals surface area contributed by atoms with E-state index in [0.717, 1.165) is 29.7 Å². The summed E-state index contributed by atoms with van der Waals surface area (Å²) in [6, 6.07) is 0. The second-order valence-corrected chi connectivity index (χ2v) is 3.97. The molecule has 6 nitrogen and oxygen atoms in total. The summed E-state index contributed by atoms with van der Waals surface area (Å²) in [4.78, 5) is 7.15. The summed E-state index contributed by atoms with van der Waals surface area (Å²) >= 11 is 1.59. The van der Waals surface area contributed by atoms with Crippen molar-refractivity contribution in [1.29, 1.82) is 0 Å². The number of H-pyrrole nitrogens is 1. The van der Waals surface area contributed by atoms with Crippen molar-refractivity contribution in [3.63, 3.8) is 0 Å². The molecule has 0 aromatic carbocycles. The molecule has 0 aliphatic rings. The van der Waals surface area contributed by atoms with Crippen molar-refractivity contribution in [1.82, 2.24) is 30.2 Å². The summed E-state index contributed by atoms with van der Waals surface area (Å²) in [6.45, 7) is 2.96. The highest BCUT2D eigenvalue weighted by Crippen LogP contribution is 2.16. The van der Waals surface area contributed by atoms with Gasteiger partial charge in [0.15, 0.2) is 11.0 Å². The zero-order valence-corrected chi connectivity index (χ0v) is 9.24. The van der Waals surface area contributed by atoms with Gasteiger partial charge in [0.05, 0.1) is 5.75 Å². The fourth-order valence-electron chi connectivity index (χ4n) is 1.17. The molecule has 0 atom stereocenters. The lowest BCUT2D eigenvalue weighted by molar-refractivity contribution is 0.564. The molecule has 2 aromatic rings. The lowest BCUT2D eigenvalue weighted by Gasteiger charge is -2.00. The Morgan fingerprint density at radius 2 is 2.47 bits per heavy atom. The Morgan fingerprint density at radius 3 is 3.20 bits per heavy atom. The molecule has 0 saturated heterocycles. The van der Waals surface area contributed by atoms with Crippen molar-refractivity contribution in [2.45, 2.75) is 30.8 Å². The van der Waals surface area contributed by atoms with Crippen LogP contribution >= 0.6 is 11.8 Å². The number of aryl methyl sites for hydroxylation is 1. The number of rotatable bonds is 5. The number of aromatic nitrogens is 6. The molecule has 2 rings (SSSR count). The molecule has 1 N–H and O–H groups in total. The predicted octanol–water partition coefficient (Wildman–Crippen LogP) is 1.10. The zero-order chi connectivity index (χ0) is 10.5. The summed E-state index contributed by atoms with van der Waals surface area (Å²) in [6.07, 6.45) is 4.57. The van der Waals surface area contributed by atoms with Gasteiger partial charge in [-0.3, -0.25) is 0 Å². The molecule has 2 aromatic heterocycles. The number of thioether (sulfide) groups is 1. The number of hydrogen-bond acceptors (Lipinski definition) is 5. The zero-order valence-electron chi connectivity index (χ0n) is 8.42. The molecule has 0 unspecified atom stereocenters. The van der Waals surface area contributed by atoms with Crippen LogP contribution in [0, 0.1) is 0 Å². The Labute approximate surface area is 91.5 Å². The number of nitrogens with zero attached hydrogens (tertiary/aromatic N) is 5. The highest BCUT2D eigenvalue weighted by molar-refractivity contribution is 7.98. The van der Waals surface area contributed by atoms with Crippen LogP contribution in [0.2, 0.25) is 0 Å². The first-order valence-corrected chi connectivity index (χ1v) is 5.76. The van der Waals surface area contributed by atoms with Crippen molar-refractivity contribution in [3.05, 3.63) is 18.2 Å². The molecule has 0 radical (unpaired) electrons. The predicted molar refractivity (Wildman–Crippen MR) is 56.3 cm³/mol. The molecule has 0 aliphatic carbocycles. The fraction of sp³-hybridized carbons (Fsp3) is 0.500. The minimum atomic E-state index is 0.737. The van der Waals surface area contributed by atoms with Crippen molar-refractivity contribution in [3.8, 4) is 0 Å². The van der Waals surface area contributed by atoms with Gasteiger partial charge in [-0.15, -0.1) is 5.10 Å². The second-order valence-electron chi connectivity index (χ2n) is 3.00. The van der Waals surface area contributed by atoms with Crippen LogP contribution in [0.3, 0.4) is 0 Å². The first-order chi connectivity index (χ1) is 7.40. The Morgan fingerprint density at radius 1 is 1.53 bits per heavy atom. The lowest BCUT2D eigenvalue weighted by atomic mass is 10.5. The first kappa shape index (κ1) is 10.2. The van der Waals surface area contributed by atoms with Crippen molar-refractivity contribution in [2.24, 2.45) is 0 Å². The minimum Gasteiger partial charge on any atom is -0.340 e. The fourth-order valence-corrected chi connectivity index (χ4v) is 1.93. The molecule has 0 spiro atoms. The quantitative estimate of drug-likeness (QED) is 0.770. The molecular formula is C8H12N6S. The molecule has 0 bridgehead atoms. The van der Waals surface area contributed by atoms with Gasteiger partial charge in [-0.2, -0.15) is 0 Å². The van der Waals surface area contributed by atoms with E-state index >= 15 is 0 Å². The van der Waals surface area contributed by atoms with Crippen molar-refractivity contribution >= 4 is 11.8 Å². The Kier molecular flexibility index (Phi) is 3.33. The molecule has 7 heteroatoms. The number of aromatic amines is 1. The lowest BCUT2D eigenvalue weighted by Crippen LogP contribution is -2.04. The van der Waals surface area contributed by atoms with Gasteiger partial charge >= 0.3 is 0 Å². The summed E-state index contributed by atoms with van der Waals surface area (Å²) in [7, 11) is 0. The molecule has 80 valence electrons. The van der Waals surface area contributed by atoms with Crippen LogP contribution in [0.4, 0.5) is 0 Å². The van der Waals surface area contributed by atoms with E-state index in [1.165, 1.54) is 0 Å². The Bertz CT molecular complexity index is 395. The molecule has 0 fully saturated rings. The molecular weight excluding hydrogens is 212 g/mol. The van der Waals surface area contributed by atoms with Gasteiger partial charge in [0, 0.05) is 18.9 Å². The second kappa shape index (κ2) is 4.92. The standard InChI is InChI=1S/C8H12N6S/c1-2-5-14-7(11-12-13-14)6-15-8-9-3-4-10-8/h3-4H,2,5-6H2,1H3,(H,9,10). The van der Waals surface area contributed by atoms with E-state index in [0.29, 0.717) is 0 Å². The van der Waals surface area contributed by atoms with Crippen LogP contribution < -0.4 is 0 Å². The van der Waals surface area contributed by atoms with Crippen LogP contribution in [0.15, 0.2) is 17.6 Å². The molecule has 15 heavy (non-hydrogen) atoms. The third-order valence-electron chi connectivity index (χ3n) is 1.85. The largest absolute Gasteiger partial charge is 0.340 e. The van der Waals surface area contributed by atoms with E-state index in [-0.39, 0.29) is 0 Å². The van der Waals surface area contributed by atoms with E-state index < -0.39 is 0 Å². The van der Waals surface area contributed by atoms with E-state index in [9.17, 15) is 0 Å². The van der Waals surface area contributed by atoms with Crippen LogP contribution in [-0.4, -0.2) is 30.2 Å². The molecule has 0 amide bonds. The van der Waals surface area contributed by atoms with E-state index in [2.05, 4.69) is 32.4 Å². The van der Waals surface area contributed by atoms with Crippen molar-refractivity contribution < 1.29 is 0 Å². The average molecular weight is 224 g/mol. The van der Waals surface area contributed by atoms with Gasteiger partial charge in [-0.05, 0) is 16.8 Å². The molecule has 2 heterocycles. The van der Waals surface area contributed by atoms with Crippen LogP contribution in [0.5, 0.6) is 0 Å². The Hall–Kier alpha value is -1.37. The topological polar surface area (TPSA) is 72.3 Å². The molecule has 0 saturated carbocycles. The van der Waals surface area contributed by atoms with E-state index in [1.807, 2.05) is 4.68 Å². The van der Waals surface area contributed by atoms with Gasteiger partial charge in [0.25, 0.3) is 0 Å². The third kappa shape index (κ3) is 2.56. The number of nitrogens with one attached hydrogen (secondary N) is 1. The summed E-state index contributed by atoms with van der Waals surface area (Å²) < 4.78 is 1.83. The smallest absolute Gasteiger partial charge is 0.165 e. The number of tetrazole rings is 1.